The highest BCUT2D eigenvalue weighted by Crippen LogP contribution is 2.35. The number of carboxylic acid groups (broad SMARTS) is 1. The number of carboxylic acids is 1. The number of anilines is 1. The molecule has 0 radical (unpaired) electrons. The van der Waals surface area contributed by atoms with Crippen LogP contribution in [-0.2, 0) is 0 Å². The van der Waals surface area contributed by atoms with Crippen LogP contribution in [0.1, 0.15) is 10.4 Å². The standard InChI is InChI=1S/C8H7NO4/c9-5-2-7-6(12-3-13-7)1-4(5)8(10)11/h1-2H,3,9H2,(H,10,11)/p-1. The van der Waals surface area contributed by atoms with E-state index in [9.17, 15) is 9.90 Å². The molecule has 0 aromatic heterocycles. The summed E-state index contributed by atoms with van der Waals surface area (Å²) in [6.07, 6.45) is 0. The molecule has 5 heteroatoms. The van der Waals surface area contributed by atoms with Gasteiger partial charge in [0.1, 0.15) is 0 Å². The number of rotatable bonds is 1. The second kappa shape index (κ2) is 2.55. The van der Waals surface area contributed by atoms with E-state index in [0.717, 1.165) is 0 Å². The third-order valence-electron chi connectivity index (χ3n) is 1.76. The molecule has 0 saturated carbocycles. The van der Waals surface area contributed by atoms with Crippen molar-refractivity contribution in [3.8, 4) is 11.5 Å². The van der Waals surface area contributed by atoms with Crippen LogP contribution in [0.3, 0.4) is 0 Å². The molecule has 1 aromatic rings. The molecule has 1 aliphatic heterocycles. The SMILES string of the molecule is Nc1cc2c(cc1C(=O)[O-])OCO2. The smallest absolute Gasteiger partial charge is 0.231 e. The third kappa shape index (κ3) is 1.14. The van der Waals surface area contributed by atoms with Crippen LogP contribution in [0.4, 0.5) is 5.69 Å². The Kier molecular flexibility index (Phi) is 1.51. The van der Waals surface area contributed by atoms with Crippen LogP contribution in [-0.4, -0.2) is 12.8 Å². The van der Waals surface area contributed by atoms with Crippen LogP contribution < -0.4 is 20.3 Å². The quantitative estimate of drug-likeness (QED) is 0.581. The normalized spacial score (nSPS) is 12.9. The van der Waals surface area contributed by atoms with Gasteiger partial charge in [-0.25, -0.2) is 0 Å². The maximum atomic E-state index is 10.5. The minimum absolute atomic E-state index is 0.0794. The minimum atomic E-state index is -1.32. The fourth-order valence-corrected chi connectivity index (χ4v) is 1.13. The number of benzene rings is 1. The van der Waals surface area contributed by atoms with E-state index in [4.69, 9.17) is 15.2 Å². The van der Waals surface area contributed by atoms with Gasteiger partial charge in [0.15, 0.2) is 11.5 Å². The predicted molar refractivity (Wildman–Crippen MR) is 41.3 cm³/mol. The van der Waals surface area contributed by atoms with E-state index in [0.29, 0.717) is 11.5 Å². The first-order chi connectivity index (χ1) is 6.18. The largest absolute Gasteiger partial charge is 0.545 e. The first kappa shape index (κ1) is 7.72. The molecule has 0 amide bonds. The molecule has 0 atom stereocenters. The van der Waals surface area contributed by atoms with Crippen molar-refractivity contribution in [3.63, 3.8) is 0 Å². The van der Waals surface area contributed by atoms with Gasteiger partial charge in [0.25, 0.3) is 0 Å². The number of nitrogens with two attached hydrogens (primary N) is 1. The second-order valence-electron chi connectivity index (χ2n) is 2.58. The van der Waals surface area contributed by atoms with Gasteiger partial charge in [0, 0.05) is 17.3 Å². The second-order valence-corrected chi connectivity index (χ2v) is 2.58. The zero-order valence-electron chi connectivity index (χ0n) is 6.57. The number of carbonyl (C=O) groups excluding carboxylic acids is 1. The highest BCUT2D eigenvalue weighted by atomic mass is 16.7. The summed E-state index contributed by atoms with van der Waals surface area (Å²) >= 11 is 0. The number of ether oxygens (including phenoxy) is 2. The first-order valence-electron chi connectivity index (χ1n) is 3.59. The van der Waals surface area contributed by atoms with E-state index < -0.39 is 5.97 Å². The third-order valence-corrected chi connectivity index (χ3v) is 1.76. The van der Waals surface area contributed by atoms with Crippen LogP contribution in [0.25, 0.3) is 0 Å². The fourth-order valence-electron chi connectivity index (χ4n) is 1.13. The molecule has 13 heavy (non-hydrogen) atoms. The molecule has 0 saturated heterocycles. The number of fused-ring (bicyclic) bond motifs is 1. The van der Waals surface area contributed by atoms with Gasteiger partial charge < -0.3 is 25.1 Å². The molecule has 0 bridgehead atoms. The number of carbonyl (C=O) groups is 1. The average Bonchev–Trinajstić information content (AvgIpc) is 2.48. The Bertz CT molecular complexity index is 375. The van der Waals surface area contributed by atoms with Gasteiger partial charge in [-0.15, -0.1) is 0 Å². The molecule has 0 fully saturated rings. The van der Waals surface area contributed by atoms with E-state index >= 15 is 0 Å². The molecule has 2 rings (SSSR count). The topological polar surface area (TPSA) is 84.6 Å². The molecule has 0 unspecified atom stereocenters. The molecule has 2 N–H and O–H groups in total. The summed E-state index contributed by atoms with van der Waals surface area (Å²) in [4.78, 5) is 10.5. The molecular formula is C8H6NO4-. The number of aromatic carboxylic acids is 1. The maximum Gasteiger partial charge on any atom is 0.231 e. The molecular weight excluding hydrogens is 174 g/mol. The average molecular weight is 180 g/mol. The number of hydrogen-bond donors (Lipinski definition) is 1. The van der Waals surface area contributed by atoms with Crippen LogP contribution in [0.5, 0.6) is 11.5 Å². The van der Waals surface area contributed by atoms with Gasteiger partial charge in [-0.2, -0.15) is 0 Å². The van der Waals surface area contributed by atoms with Crippen molar-refractivity contribution < 1.29 is 19.4 Å². The summed E-state index contributed by atoms with van der Waals surface area (Å²) < 4.78 is 9.97. The maximum absolute atomic E-state index is 10.5. The van der Waals surface area contributed by atoms with Crippen molar-refractivity contribution in [2.45, 2.75) is 0 Å². The first-order valence-corrected chi connectivity index (χ1v) is 3.59. The van der Waals surface area contributed by atoms with E-state index in [2.05, 4.69) is 0 Å². The summed E-state index contributed by atoms with van der Waals surface area (Å²) in [7, 11) is 0. The van der Waals surface area contributed by atoms with Crippen LogP contribution in [0.15, 0.2) is 12.1 Å². The summed E-state index contributed by atoms with van der Waals surface area (Å²) in [6, 6.07) is 2.71. The lowest BCUT2D eigenvalue weighted by Gasteiger charge is -2.07. The van der Waals surface area contributed by atoms with Gasteiger partial charge in [-0.3, -0.25) is 0 Å². The molecule has 1 heterocycles. The Morgan fingerprint density at radius 2 is 2.00 bits per heavy atom. The Balaban J connectivity index is 2.55. The van der Waals surface area contributed by atoms with Gasteiger partial charge in [0.05, 0.1) is 5.97 Å². The number of nitrogen functional groups attached to an aromatic ring is 1. The van der Waals surface area contributed by atoms with Crippen molar-refractivity contribution in [3.05, 3.63) is 17.7 Å². The Hall–Kier alpha value is -1.91. The van der Waals surface area contributed by atoms with Crippen LogP contribution in [0.2, 0.25) is 0 Å². The Morgan fingerprint density at radius 3 is 2.62 bits per heavy atom. The molecule has 0 spiro atoms. The monoisotopic (exact) mass is 180 g/mol. The molecule has 68 valence electrons. The zero-order valence-corrected chi connectivity index (χ0v) is 6.57. The summed E-state index contributed by atoms with van der Waals surface area (Å²) in [5.74, 6) is -0.480. The highest BCUT2D eigenvalue weighted by Gasteiger charge is 2.16. The molecule has 0 aliphatic carbocycles. The van der Waals surface area contributed by atoms with Gasteiger partial charge >= 0.3 is 0 Å². The summed E-state index contributed by atoms with van der Waals surface area (Å²) in [5, 5.41) is 10.5. The molecule has 5 nitrogen and oxygen atoms in total. The van der Waals surface area contributed by atoms with Crippen LogP contribution >= 0.6 is 0 Å². The van der Waals surface area contributed by atoms with Crippen molar-refractivity contribution >= 4 is 11.7 Å². The van der Waals surface area contributed by atoms with Crippen molar-refractivity contribution in [1.29, 1.82) is 0 Å². The number of hydrogen-bond acceptors (Lipinski definition) is 5. The van der Waals surface area contributed by atoms with E-state index in [1.165, 1.54) is 12.1 Å². The Labute approximate surface area is 73.7 Å². The Morgan fingerprint density at radius 1 is 1.38 bits per heavy atom. The van der Waals surface area contributed by atoms with E-state index in [1.54, 1.807) is 0 Å². The summed E-state index contributed by atoms with van der Waals surface area (Å²) in [6.45, 7) is 0.0886. The fraction of sp³-hybridized carbons (Fsp3) is 0.125. The van der Waals surface area contributed by atoms with Crippen molar-refractivity contribution in [2.24, 2.45) is 0 Å². The highest BCUT2D eigenvalue weighted by molar-refractivity contribution is 5.93. The van der Waals surface area contributed by atoms with E-state index in [-0.39, 0.29) is 18.0 Å². The lowest BCUT2D eigenvalue weighted by atomic mass is 10.1. The summed E-state index contributed by atoms with van der Waals surface area (Å²) in [5.41, 5.74) is 5.47. The lowest BCUT2D eigenvalue weighted by molar-refractivity contribution is -0.254. The van der Waals surface area contributed by atoms with Crippen LogP contribution in [0, 0.1) is 0 Å². The lowest BCUT2D eigenvalue weighted by Crippen LogP contribution is -2.23. The van der Waals surface area contributed by atoms with Gasteiger partial charge in [-0.05, 0) is 6.07 Å². The van der Waals surface area contributed by atoms with E-state index in [1.807, 2.05) is 0 Å². The van der Waals surface area contributed by atoms with Crippen molar-refractivity contribution in [1.82, 2.24) is 0 Å². The van der Waals surface area contributed by atoms with Gasteiger partial charge in [0.2, 0.25) is 6.79 Å². The minimum Gasteiger partial charge on any atom is -0.545 e. The molecule has 1 aromatic carbocycles. The predicted octanol–water partition coefficient (Wildman–Crippen LogP) is -0.639. The van der Waals surface area contributed by atoms with Gasteiger partial charge in [-0.1, -0.05) is 0 Å². The molecule has 1 aliphatic rings. The van der Waals surface area contributed by atoms with Crippen molar-refractivity contribution in [2.75, 3.05) is 12.5 Å². The zero-order chi connectivity index (χ0) is 9.42.